The molecule has 0 saturated heterocycles. The Morgan fingerprint density at radius 1 is 1.06 bits per heavy atom. The lowest BCUT2D eigenvalue weighted by molar-refractivity contribution is 0.817. The molecule has 0 aliphatic heterocycles. The molecule has 3 heteroatoms. The molecule has 0 saturated carbocycles. The topological polar surface area (TPSA) is 26.0 Å². The van der Waals surface area contributed by atoms with Crippen LogP contribution in [-0.2, 0) is 5.75 Å². The summed E-state index contributed by atoms with van der Waals surface area (Å²) in [5.41, 5.74) is 8.35. The minimum Gasteiger partial charge on any atom is -0.324 e. The first-order valence-electron chi connectivity index (χ1n) is 5.88. The van der Waals surface area contributed by atoms with Gasteiger partial charge < -0.3 is 5.73 Å². The summed E-state index contributed by atoms with van der Waals surface area (Å²) in [6, 6.07) is 17.1. The summed E-state index contributed by atoms with van der Waals surface area (Å²) in [5.74, 6) is 0.991. The summed E-state index contributed by atoms with van der Waals surface area (Å²) < 4.78 is 1.12. The molecule has 0 fully saturated rings. The lowest BCUT2D eigenvalue weighted by Gasteiger charge is -2.07. The Labute approximate surface area is 121 Å². The van der Waals surface area contributed by atoms with E-state index in [4.69, 9.17) is 5.73 Å². The van der Waals surface area contributed by atoms with Gasteiger partial charge >= 0.3 is 0 Å². The van der Waals surface area contributed by atoms with Crippen molar-refractivity contribution in [3.05, 3.63) is 64.1 Å². The van der Waals surface area contributed by atoms with Crippen molar-refractivity contribution in [2.75, 3.05) is 0 Å². The fraction of sp³-hybridized carbons (Fsp3) is 0.200. The monoisotopic (exact) mass is 321 g/mol. The molecule has 2 aromatic carbocycles. The van der Waals surface area contributed by atoms with Crippen LogP contribution in [0, 0.1) is 0 Å². The molecule has 1 nitrogen and oxygen atoms in total. The Morgan fingerprint density at radius 2 is 1.67 bits per heavy atom. The fourth-order valence-electron chi connectivity index (χ4n) is 1.61. The van der Waals surface area contributed by atoms with Crippen molar-refractivity contribution >= 4 is 27.7 Å². The molecule has 0 spiro atoms. The average Bonchev–Trinajstić information content (AvgIpc) is 2.38. The number of rotatable bonds is 4. The predicted molar refractivity (Wildman–Crippen MR) is 82.7 cm³/mol. The molecule has 2 rings (SSSR count). The van der Waals surface area contributed by atoms with E-state index in [2.05, 4.69) is 64.5 Å². The normalized spacial score (nSPS) is 12.4. The molecule has 2 N–H and O–H groups in total. The van der Waals surface area contributed by atoms with Gasteiger partial charge in [0.15, 0.2) is 0 Å². The van der Waals surface area contributed by atoms with Gasteiger partial charge in [-0.3, -0.25) is 0 Å². The molecule has 0 aliphatic carbocycles. The molecule has 0 radical (unpaired) electrons. The fourth-order valence-corrected chi connectivity index (χ4v) is 2.73. The Hall–Kier alpha value is -0.770. The maximum absolute atomic E-state index is 5.83. The largest absolute Gasteiger partial charge is 0.324 e. The molecule has 18 heavy (non-hydrogen) atoms. The van der Waals surface area contributed by atoms with Gasteiger partial charge in [-0.05, 0) is 42.3 Å². The number of hydrogen-bond acceptors (Lipinski definition) is 2. The van der Waals surface area contributed by atoms with E-state index >= 15 is 0 Å². The van der Waals surface area contributed by atoms with Crippen LogP contribution in [-0.4, -0.2) is 0 Å². The van der Waals surface area contributed by atoms with E-state index in [0.29, 0.717) is 0 Å². The van der Waals surface area contributed by atoms with E-state index in [9.17, 15) is 0 Å². The van der Waals surface area contributed by atoms with Crippen LogP contribution in [0.3, 0.4) is 0 Å². The van der Waals surface area contributed by atoms with E-state index in [-0.39, 0.29) is 6.04 Å². The summed E-state index contributed by atoms with van der Waals surface area (Å²) in [4.78, 5) is 1.28. The molecule has 0 amide bonds. The molecule has 0 bridgehead atoms. The molecular weight excluding hydrogens is 306 g/mol. The van der Waals surface area contributed by atoms with Crippen molar-refractivity contribution in [3.8, 4) is 0 Å². The van der Waals surface area contributed by atoms with Gasteiger partial charge in [0.2, 0.25) is 0 Å². The van der Waals surface area contributed by atoms with Gasteiger partial charge in [-0.2, -0.15) is 0 Å². The molecule has 0 heterocycles. The van der Waals surface area contributed by atoms with Crippen molar-refractivity contribution in [2.45, 2.75) is 23.6 Å². The second kappa shape index (κ2) is 6.41. The number of hydrogen-bond donors (Lipinski definition) is 1. The van der Waals surface area contributed by atoms with Crippen molar-refractivity contribution in [2.24, 2.45) is 5.73 Å². The third-order valence-corrected chi connectivity index (χ3v) is 4.34. The summed E-state index contributed by atoms with van der Waals surface area (Å²) >= 11 is 5.29. The van der Waals surface area contributed by atoms with Crippen molar-refractivity contribution < 1.29 is 0 Å². The number of thioether (sulfide) groups is 1. The summed E-state index contributed by atoms with van der Waals surface area (Å²) in [5, 5.41) is 0. The first-order chi connectivity index (χ1) is 8.65. The van der Waals surface area contributed by atoms with Crippen LogP contribution in [0.2, 0.25) is 0 Å². The van der Waals surface area contributed by atoms with Gasteiger partial charge in [0.05, 0.1) is 0 Å². The summed E-state index contributed by atoms with van der Waals surface area (Å²) in [6.45, 7) is 2.00. The van der Waals surface area contributed by atoms with E-state index < -0.39 is 0 Å². The second-order valence-corrected chi connectivity index (χ2v) is 6.24. The third-order valence-electron chi connectivity index (χ3n) is 2.72. The zero-order valence-corrected chi connectivity index (χ0v) is 12.7. The number of benzene rings is 2. The third kappa shape index (κ3) is 3.87. The quantitative estimate of drug-likeness (QED) is 0.821. The smallest absolute Gasteiger partial charge is 0.0266 e. The lowest BCUT2D eigenvalue weighted by Crippen LogP contribution is -2.04. The minimum atomic E-state index is 0.107. The molecule has 1 unspecified atom stereocenters. The highest BCUT2D eigenvalue weighted by atomic mass is 79.9. The van der Waals surface area contributed by atoms with Crippen molar-refractivity contribution in [1.82, 2.24) is 0 Å². The van der Waals surface area contributed by atoms with Crippen LogP contribution in [0.25, 0.3) is 0 Å². The van der Waals surface area contributed by atoms with Crippen LogP contribution >= 0.6 is 27.7 Å². The van der Waals surface area contributed by atoms with Gasteiger partial charge in [0.25, 0.3) is 0 Å². The lowest BCUT2D eigenvalue weighted by atomic mass is 10.1. The zero-order chi connectivity index (χ0) is 13.0. The number of halogens is 1. The van der Waals surface area contributed by atoms with Gasteiger partial charge in [-0.25, -0.2) is 0 Å². The maximum Gasteiger partial charge on any atom is 0.0266 e. The SMILES string of the molecule is CC(N)c1ccc(SCc2ccc(Br)cc2)cc1. The highest BCUT2D eigenvalue weighted by Gasteiger charge is 2.00. The maximum atomic E-state index is 5.83. The molecule has 1 atom stereocenters. The minimum absolute atomic E-state index is 0.107. The van der Waals surface area contributed by atoms with Crippen LogP contribution < -0.4 is 5.73 Å². The van der Waals surface area contributed by atoms with Crippen molar-refractivity contribution in [3.63, 3.8) is 0 Å². The van der Waals surface area contributed by atoms with Gasteiger partial charge in [-0.1, -0.05) is 40.2 Å². The molecule has 94 valence electrons. The Bertz CT molecular complexity index is 491. The second-order valence-electron chi connectivity index (χ2n) is 4.27. The standard InChI is InChI=1S/C15H16BrNS/c1-11(17)13-4-8-15(9-5-13)18-10-12-2-6-14(16)7-3-12/h2-9,11H,10,17H2,1H3. The predicted octanol–water partition coefficient (Wildman–Crippen LogP) is 4.76. The first kappa shape index (κ1) is 13.7. The van der Waals surface area contributed by atoms with Gasteiger partial charge in [-0.15, -0.1) is 11.8 Å². The molecular formula is C15H16BrNS. The van der Waals surface area contributed by atoms with E-state index in [1.807, 2.05) is 18.7 Å². The van der Waals surface area contributed by atoms with E-state index in [1.165, 1.54) is 16.0 Å². The first-order valence-corrected chi connectivity index (χ1v) is 7.66. The average molecular weight is 322 g/mol. The molecule has 2 aromatic rings. The molecule has 0 aliphatic rings. The van der Waals surface area contributed by atoms with Crippen LogP contribution in [0.4, 0.5) is 0 Å². The highest BCUT2D eigenvalue weighted by molar-refractivity contribution is 9.10. The van der Waals surface area contributed by atoms with Crippen LogP contribution in [0.1, 0.15) is 24.1 Å². The Balaban J connectivity index is 1.95. The summed E-state index contributed by atoms with van der Waals surface area (Å²) in [6.07, 6.45) is 0. The van der Waals surface area contributed by atoms with Gasteiger partial charge in [0, 0.05) is 21.2 Å². The summed E-state index contributed by atoms with van der Waals surface area (Å²) in [7, 11) is 0. The van der Waals surface area contributed by atoms with Gasteiger partial charge in [0.1, 0.15) is 0 Å². The Kier molecular flexibility index (Phi) is 4.87. The highest BCUT2D eigenvalue weighted by Crippen LogP contribution is 2.24. The zero-order valence-electron chi connectivity index (χ0n) is 10.3. The Morgan fingerprint density at radius 3 is 2.22 bits per heavy atom. The van der Waals surface area contributed by atoms with Crippen LogP contribution in [0.5, 0.6) is 0 Å². The van der Waals surface area contributed by atoms with Crippen molar-refractivity contribution in [1.29, 1.82) is 0 Å². The van der Waals surface area contributed by atoms with Crippen LogP contribution in [0.15, 0.2) is 57.9 Å². The molecule has 0 aromatic heterocycles. The number of nitrogens with two attached hydrogens (primary N) is 1. The van der Waals surface area contributed by atoms with E-state index in [0.717, 1.165) is 10.2 Å². The van der Waals surface area contributed by atoms with E-state index in [1.54, 1.807) is 0 Å².